The third-order valence-corrected chi connectivity index (χ3v) is 5.14. The summed E-state index contributed by atoms with van der Waals surface area (Å²) in [6, 6.07) is 10.8. The topological polar surface area (TPSA) is 38.1 Å². The van der Waals surface area contributed by atoms with Crippen LogP contribution in [0.2, 0.25) is 0 Å². The molecule has 0 unspecified atom stereocenters. The molecule has 1 amide bonds. The van der Waals surface area contributed by atoms with Crippen molar-refractivity contribution < 1.29 is 4.79 Å². The van der Waals surface area contributed by atoms with Gasteiger partial charge in [0.2, 0.25) is 0 Å². The van der Waals surface area contributed by atoms with E-state index in [4.69, 9.17) is 0 Å². The van der Waals surface area contributed by atoms with Gasteiger partial charge in [-0.2, -0.15) is 5.10 Å². The molecule has 1 heterocycles. The van der Waals surface area contributed by atoms with Crippen LogP contribution in [0.15, 0.2) is 36.5 Å². The maximum Gasteiger partial charge on any atom is 0.257 e. The zero-order chi connectivity index (χ0) is 17.6. The van der Waals surface area contributed by atoms with Crippen LogP contribution in [-0.4, -0.2) is 33.2 Å². The molecule has 0 spiro atoms. The molecule has 1 aliphatic rings. The summed E-state index contributed by atoms with van der Waals surface area (Å²) >= 11 is 0. The fourth-order valence-electron chi connectivity index (χ4n) is 3.79. The van der Waals surface area contributed by atoms with Crippen molar-refractivity contribution in [3.05, 3.63) is 53.3 Å². The van der Waals surface area contributed by atoms with E-state index in [0.29, 0.717) is 6.04 Å². The summed E-state index contributed by atoms with van der Waals surface area (Å²) in [5.41, 5.74) is 2.91. The van der Waals surface area contributed by atoms with Gasteiger partial charge < -0.3 is 4.90 Å². The lowest BCUT2D eigenvalue weighted by Gasteiger charge is -2.29. The number of aryl methyl sites for hydroxylation is 2. The highest BCUT2D eigenvalue weighted by molar-refractivity contribution is 5.95. The third kappa shape index (κ3) is 4.30. The Hall–Kier alpha value is -2.10. The Labute approximate surface area is 150 Å². The number of carbonyl (C=O) groups is 1. The van der Waals surface area contributed by atoms with Gasteiger partial charge in [-0.25, -0.2) is 0 Å². The Bertz CT molecular complexity index is 686. The number of rotatable bonds is 7. The Balaban J connectivity index is 1.77. The van der Waals surface area contributed by atoms with Crippen LogP contribution in [0.1, 0.15) is 60.6 Å². The summed E-state index contributed by atoms with van der Waals surface area (Å²) in [5, 5.41) is 4.52. The van der Waals surface area contributed by atoms with Crippen molar-refractivity contribution in [1.29, 1.82) is 0 Å². The van der Waals surface area contributed by atoms with E-state index < -0.39 is 0 Å². The van der Waals surface area contributed by atoms with E-state index in [2.05, 4.69) is 41.2 Å². The van der Waals surface area contributed by atoms with Crippen molar-refractivity contribution in [3.8, 4) is 0 Å². The minimum absolute atomic E-state index is 0.155. The van der Waals surface area contributed by atoms with E-state index in [9.17, 15) is 4.79 Å². The summed E-state index contributed by atoms with van der Waals surface area (Å²) in [4.78, 5) is 15.4. The molecule has 4 nitrogen and oxygen atoms in total. The largest absolute Gasteiger partial charge is 0.335 e. The Morgan fingerprint density at radius 2 is 1.96 bits per heavy atom. The number of carbonyl (C=O) groups excluding carboxylic acids is 1. The first-order chi connectivity index (χ1) is 12.2. The molecule has 0 bridgehead atoms. The summed E-state index contributed by atoms with van der Waals surface area (Å²) in [7, 11) is 0. The van der Waals surface area contributed by atoms with Crippen molar-refractivity contribution >= 4 is 5.91 Å². The SMILES string of the molecule is CCCn1cc(C(=O)N(CCc2ccccc2)C2CCCC2)c(C)n1. The average Bonchev–Trinajstić information content (AvgIpc) is 3.26. The van der Waals surface area contributed by atoms with Crippen LogP contribution in [0, 0.1) is 6.92 Å². The molecule has 1 aromatic heterocycles. The maximum atomic E-state index is 13.3. The zero-order valence-electron chi connectivity index (χ0n) is 15.4. The molecule has 4 heteroatoms. The van der Waals surface area contributed by atoms with Crippen LogP contribution in [0.3, 0.4) is 0 Å². The minimum atomic E-state index is 0.155. The highest BCUT2D eigenvalue weighted by Crippen LogP contribution is 2.26. The van der Waals surface area contributed by atoms with Crippen LogP contribution < -0.4 is 0 Å². The van der Waals surface area contributed by atoms with Gasteiger partial charge in [0.15, 0.2) is 0 Å². The molecule has 134 valence electrons. The molecular formula is C21H29N3O. The molecule has 1 aliphatic carbocycles. The van der Waals surface area contributed by atoms with E-state index >= 15 is 0 Å². The fourth-order valence-corrected chi connectivity index (χ4v) is 3.79. The van der Waals surface area contributed by atoms with Gasteiger partial charge in [0.25, 0.3) is 5.91 Å². The predicted molar refractivity (Wildman–Crippen MR) is 101 cm³/mol. The number of nitrogens with zero attached hydrogens (tertiary/aromatic N) is 3. The van der Waals surface area contributed by atoms with Gasteiger partial charge in [-0.1, -0.05) is 50.1 Å². The molecule has 25 heavy (non-hydrogen) atoms. The summed E-state index contributed by atoms with van der Waals surface area (Å²) in [5.74, 6) is 0.155. The van der Waals surface area contributed by atoms with Crippen molar-refractivity contribution in [2.75, 3.05) is 6.54 Å². The summed E-state index contributed by atoms with van der Waals surface area (Å²) < 4.78 is 1.91. The second kappa shape index (κ2) is 8.32. The van der Waals surface area contributed by atoms with Gasteiger partial charge in [0, 0.05) is 25.3 Å². The van der Waals surface area contributed by atoms with Crippen LogP contribution in [0.5, 0.6) is 0 Å². The molecule has 0 saturated heterocycles. The van der Waals surface area contributed by atoms with Gasteiger partial charge in [-0.15, -0.1) is 0 Å². The number of benzene rings is 1. The second-order valence-corrected chi connectivity index (χ2v) is 7.06. The number of amides is 1. The summed E-state index contributed by atoms with van der Waals surface area (Å²) in [6.07, 6.45) is 8.58. The third-order valence-electron chi connectivity index (χ3n) is 5.14. The molecule has 0 atom stereocenters. The first-order valence-electron chi connectivity index (χ1n) is 9.58. The molecule has 2 aromatic rings. The van der Waals surface area contributed by atoms with Gasteiger partial charge in [-0.3, -0.25) is 9.48 Å². The Morgan fingerprint density at radius 3 is 2.64 bits per heavy atom. The monoisotopic (exact) mass is 339 g/mol. The Kier molecular flexibility index (Phi) is 5.90. The van der Waals surface area contributed by atoms with Crippen molar-refractivity contribution in [2.45, 2.75) is 65.0 Å². The van der Waals surface area contributed by atoms with Gasteiger partial charge in [0.1, 0.15) is 0 Å². The van der Waals surface area contributed by atoms with Crippen molar-refractivity contribution in [2.24, 2.45) is 0 Å². The molecule has 0 radical (unpaired) electrons. The lowest BCUT2D eigenvalue weighted by atomic mass is 10.1. The molecule has 1 saturated carbocycles. The molecule has 0 N–H and O–H groups in total. The molecule has 1 fully saturated rings. The smallest absolute Gasteiger partial charge is 0.257 e. The lowest BCUT2D eigenvalue weighted by Crippen LogP contribution is -2.40. The van der Waals surface area contributed by atoms with E-state index in [-0.39, 0.29) is 5.91 Å². The quantitative estimate of drug-likeness (QED) is 0.757. The fraction of sp³-hybridized carbons (Fsp3) is 0.524. The molecule has 1 aromatic carbocycles. The second-order valence-electron chi connectivity index (χ2n) is 7.06. The first-order valence-corrected chi connectivity index (χ1v) is 9.58. The molecular weight excluding hydrogens is 310 g/mol. The standard InChI is InChI=1S/C21H29N3O/c1-3-14-23-16-20(17(2)22-23)21(25)24(19-11-7-8-12-19)15-13-18-9-5-4-6-10-18/h4-6,9-10,16,19H,3,7-8,11-15H2,1-2H3. The van der Waals surface area contributed by atoms with E-state index in [1.807, 2.05) is 23.9 Å². The van der Waals surface area contributed by atoms with E-state index in [1.165, 1.54) is 18.4 Å². The van der Waals surface area contributed by atoms with Gasteiger partial charge in [0.05, 0.1) is 11.3 Å². The van der Waals surface area contributed by atoms with Crippen LogP contribution in [-0.2, 0) is 13.0 Å². The van der Waals surface area contributed by atoms with Crippen molar-refractivity contribution in [3.63, 3.8) is 0 Å². The zero-order valence-corrected chi connectivity index (χ0v) is 15.4. The van der Waals surface area contributed by atoms with E-state index in [1.54, 1.807) is 0 Å². The highest BCUT2D eigenvalue weighted by atomic mass is 16.2. The van der Waals surface area contributed by atoms with Gasteiger partial charge in [-0.05, 0) is 38.2 Å². The van der Waals surface area contributed by atoms with E-state index in [0.717, 1.165) is 50.0 Å². The average molecular weight is 339 g/mol. The van der Waals surface area contributed by atoms with Crippen molar-refractivity contribution in [1.82, 2.24) is 14.7 Å². The molecule has 3 rings (SSSR count). The number of hydrogen-bond donors (Lipinski definition) is 0. The van der Waals surface area contributed by atoms with Gasteiger partial charge >= 0.3 is 0 Å². The highest BCUT2D eigenvalue weighted by Gasteiger charge is 2.29. The molecule has 0 aliphatic heterocycles. The number of aromatic nitrogens is 2. The van der Waals surface area contributed by atoms with Crippen LogP contribution >= 0.6 is 0 Å². The summed E-state index contributed by atoms with van der Waals surface area (Å²) in [6.45, 7) is 5.72. The number of hydrogen-bond acceptors (Lipinski definition) is 2. The predicted octanol–water partition coefficient (Wildman–Crippen LogP) is 4.23. The maximum absolute atomic E-state index is 13.3. The first kappa shape index (κ1) is 17.7. The van der Waals surface area contributed by atoms with Crippen LogP contribution in [0.25, 0.3) is 0 Å². The normalized spacial score (nSPS) is 14.8. The Morgan fingerprint density at radius 1 is 1.24 bits per heavy atom. The lowest BCUT2D eigenvalue weighted by molar-refractivity contribution is 0.0683. The van der Waals surface area contributed by atoms with Crippen LogP contribution in [0.4, 0.5) is 0 Å². The minimum Gasteiger partial charge on any atom is -0.335 e.